The molecule has 0 saturated carbocycles. The van der Waals surface area contributed by atoms with E-state index in [4.69, 9.17) is 5.26 Å². The van der Waals surface area contributed by atoms with Crippen molar-refractivity contribution in [3.63, 3.8) is 0 Å². The Hall–Kier alpha value is -3.26. The molecule has 0 aliphatic carbocycles. The van der Waals surface area contributed by atoms with Crippen LogP contribution in [0.2, 0.25) is 0 Å². The lowest BCUT2D eigenvalue weighted by atomic mass is 10.1. The van der Waals surface area contributed by atoms with Crippen LogP contribution >= 0.6 is 0 Å². The number of aryl methyl sites for hydroxylation is 1. The number of halogens is 1. The monoisotopic (exact) mass is 318 g/mol. The lowest BCUT2D eigenvalue weighted by Crippen LogP contribution is -2.00. The van der Waals surface area contributed by atoms with Crippen LogP contribution in [0, 0.1) is 17.1 Å². The molecule has 0 fully saturated rings. The molecule has 1 aromatic heterocycles. The SMILES string of the molecule is N#Cc1ccc(C(=CCCc2ccccc2F)n2cncn2)cc1. The smallest absolute Gasteiger partial charge is 0.138 e. The van der Waals surface area contributed by atoms with Gasteiger partial charge in [-0.15, -0.1) is 0 Å². The Morgan fingerprint density at radius 2 is 1.96 bits per heavy atom. The van der Waals surface area contributed by atoms with Gasteiger partial charge in [-0.2, -0.15) is 10.4 Å². The van der Waals surface area contributed by atoms with Gasteiger partial charge in [0.1, 0.15) is 18.5 Å². The maximum absolute atomic E-state index is 13.7. The number of benzene rings is 2. The molecule has 5 heteroatoms. The zero-order chi connectivity index (χ0) is 16.8. The Bertz CT molecular complexity index is 874. The van der Waals surface area contributed by atoms with Gasteiger partial charge in [0.15, 0.2) is 0 Å². The average molecular weight is 318 g/mol. The van der Waals surface area contributed by atoms with Crippen molar-refractivity contribution < 1.29 is 4.39 Å². The number of rotatable bonds is 5. The number of hydrogen-bond donors (Lipinski definition) is 0. The van der Waals surface area contributed by atoms with E-state index in [1.54, 1.807) is 35.3 Å². The quantitative estimate of drug-likeness (QED) is 0.719. The van der Waals surface area contributed by atoms with Crippen molar-refractivity contribution in [2.75, 3.05) is 0 Å². The Balaban J connectivity index is 1.85. The van der Waals surface area contributed by atoms with Crippen LogP contribution in [0.3, 0.4) is 0 Å². The number of aromatic nitrogens is 3. The van der Waals surface area contributed by atoms with E-state index in [9.17, 15) is 4.39 Å². The minimum Gasteiger partial charge on any atom is -0.223 e. The average Bonchev–Trinajstić information content (AvgIpc) is 3.15. The van der Waals surface area contributed by atoms with Gasteiger partial charge < -0.3 is 0 Å². The van der Waals surface area contributed by atoms with Crippen molar-refractivity contribution >= 4 is 5.70 Å². The van der Waals surface area contributed by atoms with Gasteiger partial charge in [0.2, 0.25) is 0 Å². The van der Waals surface area contributed by atoms with E-state index in [0.29, 0.717) is 24.0 Å². The van der Waals surface area contributed by atoms with Crippen LogP contribution in [0.4, 0.5) is 4.39 Å². The highest BCUT2D eigenvalue weighted by molar-refractivity contribution is 5.65. The standard InChI is InChI=1S/C19H15FN4/c20-18-6-2-1-4-16(18)5-3-7-19(24-14-22-13-23-24)17-10-8-15(12-21)9-11-17/h1-2,4,6-11,13-14H,3,5H2. The normalized spacial score (nSPS) is 11.2. The lowest BCUT2D eigenvalue weighted by Gasteiger charge is -2.08. The van der Waals surface area contributed by atoms with E-state index >= 15 is 0 Å². The minimum atomic E-state index is -0.188. The van der Waals surface area contributed by atoms with Crippen LogP contribution in [0.5, 0.6) is 0 Å². The van der Waals surface area contributed by atoms with E-state index in [1.165, 1.54) is 12.4 Å². The number of hydrogen-bond acceptors (Lipinski definition) is 3. The molecular weight excluding hydrogens is 303 g/mol. The largest absolute Gasteiger partial charge is 0.223 e. The third-order valence-corrected chi connectivity index (χ3v) is 3.68. The first-order valence-electron chi connectivity index (χ1n) is 7.57. The summed E-state index contributed by atoms with van der Waals surface area (Å²) < 4.78 is 15.4. The summed E-state index contributed by atoms with van der Waals surface area (Å²) in [7, 11) is 0. The molecule has 0 radical (unpaired) electrons. The van der Waals surface area contributed by atoms with Crippen molar-refractivity contribution in [3.8, 4) is 6.07 Å². The molecule has 1 heterocycles. The van der Waals surface area contributed by atoms with Gasteiger partial charge in [-0.05, 0) is 42.2 Å². The Labute approximate surface area is 139 Å². The van der Waals surface area contributed by atoms with Crippen LogP contribution in [-0.4, -0.2) is 14.8 Å². The Kier molecular flexibility index (Phi) is 4.78. The maximum atomic E-state index is 13.7. The van der Waals surface area contributed by atoms with Crippen LogP contribution < -0.4 is 0 Å². The van der Waals surface area contributed by atoms with Gasteiger partial charge in [0.05, 0.1) is 17.3 Å². The second-order valence-corrected chi connectivity index (χ2v) is 5.25. The highest BCUT2D eigenvalue weighted by Crippen LogP contribution is 2.18. The summed E-state index contributed by atoms with van der Waals surface area (Å²) in [5.41, 5.74) is 3.07. The summed E-state index contributed by atoms with van der Waals surface area (Å²) in [6, 6.07) is 16.1. The molecule has 3 rings (SSSR count). The molecule has 0 N–H and O–H groups in total. The van der Waals surface area contributed by atoms with Gasteiger partial charge in [0, 0.05) is 0 Å². The fourth-order valence-corrected chi connectivity index (χ4v) is 2.46. The number of nitrogens with zero attached hydrogens (tertiary/aromatic N) is 4. The first-order chi connectivity index (χ1) is 11.8. The van der Waals surface area contributed by atoms with Crippen molar-refractivity contribution in [2.45, 2.75) is 12.8 Å². The topological polar surface area (TPSA) is 54.5 Å². The molecule has 0 bridgehead atoms. The molecule has 0 unspecified atom stereocenters. The first-order valence-corrected chi connectivity index (χ1v) is 7.57. The summed E-state index contributed by atoms with van der Waals surface area (Å²) in [5, 5.41) is 13.1. The van der Waals surface area contributed by atoms with Gasteiger partial charge in [-0.1, -0.05) is 36.4 Å². The highest BCUT2D eigenvalue weighted by atomic mass is 19.1. The second-order valence-electron chi connectivity index (χ2n) is 5.25. The van der Waals surface area contributed by atoms with E-state index in [0.717, 1.165) is 11.3 Å². The third-order valence-electron chi connectivity index (χ3n) is 3.68. The van der Waals surface area contributed by atoms with E-state index in [-0.39, 0.29) is 5.82 Å². The number of nitriles is 1. The molecule has 2 aromatic carbocycles. The Morgan fingerprint density at radius 1 is 1.17 bits per heavy atom. The molecule has 0 atom stereocenters. The molecule has 0 spiro atoms. The summed E-state index contributed by atoms with van der Waals surface area (Å²) in [5.74, 6) is -0.188. The molecular formula is C19H15FN4. The molecule has 24 heavy (non-hydrogen) atoms. The molecule has 0 saturated heterocycles. The van der Waals surface area contributed by atoms with Gasteiger partial charge in [-0.25, -0.2) is 14.1 Å². The Morgan fingerprint density at radius 3 is 2.62 bits per heavy atom. The first kappa shape index (κ1) is 15.6. The molecule has 118 valence electrons. The van der Waals surface area contributed by atoms with Crippen LogP contribution in [0.1, 0.15) is 23.1 Å². The zero-order valence-electron chi connectivity index (χ0n) is 12.9. The molecule has 3 aromatic rings. The van der Waals surface area contributed by atoms with Crippen LogP contribution in [0.15, 0.2) is 67.3 Å². The van der Waals surface area contributed by atoms with Gasteiger partial charge in [0.25, 0.3) is 0 Å². The summed E-state index contributed by atoms with van der Waals surface area (Å²) in [6.45, 7) is 0. The fourth-order valence-electron chi connectivity index (χ4n) is 2.46. The molecule has 4 nitrogen and oxygen atoms in total. The summed E-state index contributed by atoms with van der Waals surface area (Å²) >= 11 is 0. The van der Waals surface area contributed by atoms with E-state index < -0.39 is 0 Å². The summed E-state index contributed by atoms with van der Waals surface area (Å²) in [6.07, 6.45) is 6.35. The van der Waals surface area contributed by atoms with Crippen molar-refractivity contribution in [1.82, 2.24) is 14.8 Å². The van der Waals surface area contributed by atoms with Crippen LogP contribution in [0.25, 0.3) is 5.70 Å². The maximum Gasteiger partial charge on any atom is 0.138 e. The molecule has 0 aliphatic rings. The minimum absolute atomic E-state index is 0.188. The van der Waals surface area contributed by atoms with Crippen molar-refractivity contribution in [2.24, 2.45) is 0 Å². The lowest BCUT2D eigenvalue weighted by molar-refractivity contribution is 0.609. The van der Waals surface area contributed by atoms with Crippen LogP contribution in [-0.2, 0) is 6.42 Å². The van der Waals surface area contributed by atoms with Crippen molar-refractivity contribution in [3.05, 3.63) is 89.8 Å². The highest BCUT2D eigenvalue weighted by Gasteiger charge is 2.06. The summed E-state index contributed by atoms with van der Waals surface area (Å²) in [4.78, 5) is 3.98. The predicted molar refractivity (Wildman–Crippen MR) is 89.3 cm³/mol. The van der Waals surface area contributed by atoms with Crippen molar-refractivity contribution in [1.29, 1.82) is 5.26 Å². The second kappa shape index (κ2) is 7.34. The number of allylic oxidation sites excluding steroid dienone is 1. The molecule has 0 amide bonds. The van der Waals surface area contributed by atoms with Gasteiger partial charge >= 0.3 is 0 Å². The fraction of sp³-hybridized carbons (Fsp3) is 0.105. The molecule has 0 aliphatic heterocycles. The third kappa shape index (κ3) is 3.55. The van der Waals surface area contributed by atoms with E-state index in [2.05, 4.69) is 16.2 Å². The zero-order valence-corrected chi connectivity index (χ0v) is 12.9. The van der Waals surface area contributed by atoms with E-state index in [1.807, 2.05) is 24.3 Å². The van der Waals surface area contributed by atoms with Gasteiger partial charge in [-0.3, -0.25) is 0 Å². The predicted octanol–water partition coefficient (Wildman–Crippen LogP) is 3.81.